The Bertz CT molecular complexity index is 549. The van der Waals surface area contributed by atoms with E-state index in [1.807, 2.05) is 36.4 Å². The monoisotopic (exact) mass is 321 g/mol. The van der Waals surface area contributed by atoms with Crippen LogP contribution < -0.4 is 5.32 Å². The highest BCUT2D eigenvalue weighted by molar-refractivity contribution is 9.10. The minimum Gasteiger partial charge on any atom is -0.310 e. The molecule has 0 aliphatic carbocycles. The average molecular weight is 322 g/mol. The molecule has 0 amide bonds. The molecule has 2 aromatic carbocycles. The first kappa shape index (κ1) is 14.2. The highest BCUT2D eigenvalue weighted by Crippen LogP contribution is 2.25. The van der Waals surface area contributed by atoms with Crippen molar-refractivity contribution in [3.05, 3.63) is 58.3 Å². The van der Waals surface area contributed by atoms with Gasteiger partial charge in [0.1, 0.15) is 5.82 Å². The van der Waals surface area contributed by atoms with Gasteiger partial charge >= 0.3 is 0 Å². The summed E-state index contributed by atoms with van der Waals surface area (Å²) in [5.74, 6) is -0.176. The van der Waals surface area contributed by atoms with Crippen molar-refractivity contribution in [2.75, 3.05) is 0 Å². The molecule has 19 heavy (non-hydrogen) atoms. The molecular weight excluding hydrogens is 305 g/mol. The summed E-state index contributed by atoms with van der Waals surface area (Å²) in [6.45, 7) is 4.84. The van der Waals surface area contributed by atoms with Crippen LogP contribution in [0.2, 0.25) is 0 Å². The Morgan fingerprint density at radius 3 is 2.37 bits per heavy atom. The van der Waals surface area contributed by atoms with Crippen LogP contribution in [0.1, 0.15) is 19.4 Å². The second kappa shape index (κ2) is 6.31. The predicted octanol–water partition coefficient (Wildman–Crippen LogP) is 4.75. The van der Waals surface area contributed by atoms with Crippen molar-refractivity contribution >= 4 is 15.9 Å². The Morgan fingerprint density at radius 2 is 1.79 bits per heavy atom. The van der Waals surface area contributed by atoms with Crippen molar-refractivity contribution < 1.29 is 4.39 Å². The zero-order valence-corrected chi connectivity index (χ0v) is 12.7. The van der Waals surface area contributed by atoms with E-state index in [9.17, 15) is 4.39 Å². The number of benzene rings is 2. The van der Waals surface area contributed by atoms with E-state index in [1.165, 1.54) is 0 Å². The van der Waals surface area contributed by atoms with E-state index in [-0.39, 0.29) is 5.82 Å². The molecule has 100 valence electrons. The summed E-state index contributed by atoms with van der Waals surface area (Å²) in [5, 5.41) is 3.28. The lowest BCUT2D eigenvalue weighted by atomic mass is 10.0. The zero-order valence-electron chi connectivity index (χ0n) is 11.1. The van der Waals surface area contributed by atoms with Gasteiger partial charge in [-0.1, -0.05) is 54.0 Å². The molecule has 0 fully saturated rings. The molecule has 1 N–H and O–H groups in total. The van der Waals surface area contributed by atoms with E-state index in [0.717, 1.165) is 15.6 Å². The van der Waals surface area contributed by atoms with E-state index < -0.39 is 0 Å². The van der Waals surface area contributed by atoms with E-state index in [0.29, 0.717) is 18.2 Å². The Labute approximate surface area is 122 Å². The maximum Gasteiger partial charge on any atom is 0.131 e. The van der Waals surface area contributed by atoms with E-state index in [1.54, 1.807) is 6.07 Å². The van der Waals surface area contributed by atoms with Gasteiger partial charge < -0.3 is 5.32 Å². The lowest BCUT2D eigenvalue weighted by Gasteiger charge is -2.10. The molecule has 0 saturated heterocycles. The first-order valence-electron chi connectivity index (χ1n) is 6.34. The Kier molecular flexibility index (Phi) is 4.72. The molecule has 0 bridgehead atoms. The quantitative estimate of drug-likeness (QED) is 0.856. The van der Waals surface area contributed by atoms with Gasteiger partial charge in [-0.25, -0.2) is 4.39 Å². The van der Waals surface area contributed by atoms with Gasteiger partial charge in [-0.3, -0.25) is 0 Å². The van der Waals surface area contributed by atoms with Crippen LogP contribution >= 0.6 is 15.9 Å². The lowest BCUT2D eigenvalue weighted by Crippen LogP contribution is -2.21. The highest BCUT2D eigenvalue weighted by Gasteiger charge is 2.06. The van der Waals surface area contributed by atoms with Crippen LogP contribution in [0.25, 0.3) is 11.1 Å². The van der Waals surface area contributed by atoms with Crippen LogP contribution in [0.5, 0.6) is 0 Å². The number of nitrogens with one attached hydrogen (secondary N) is 1. The van der Waals surface area contributed by atoms with E-state index >= 15 is 0 Å². The molecule has 0 heterocycles. The molecule has 0 atom stereocenters. The minimum absolute atomic E-state index is 0.176. The summed E-state index contributed by atoms with van der Waals surface area (Å²) < 4.78 is 15.1. The van der Waals surface area contributed by atoms with Gasteiger partial charge in [-0.2, -0.15) is 0 Å². The molecular formula is C16H17BrFN. The predicted molar refractivity (Wildman–Crippen MR) is 81.5 cm³/mol. The number of hydrogen-bond acceptors (Lipinski definition) is 1. The minimum atomic E-state index is -0.176. The van der Waals surface area contributed by atoms with Gasteiger partial charge in [-0.15, -0.1) is 0 Å². The molecule has 0 saturated carbocycles. The zero-order chi connectivity index (χ0) is 13.8. The Balaban J connectivity index is 2.21. The standard InChI is InChI=1S/C16H17BrFN/c1-11(2)19-10-12-3-8-15(16(18)9-12)13-4-6-14(17)7-5-13/h3-9,11,19H,10H2,1-2H3. The van der Waals surface area contributed by atoms with Gasteiger partial charge in [0.05, 0.1) is 0 Å². The summed E-state index contributed by atoms with van der Waals surface area (Å²) >= 11 is 3.38. The molecule has 2 rings (SSSR count). The van der Waals surface area contributed by atoms with E-state index in [4.69, 9.17) is 0 Å². The lowest BCUT2D eigenvalue weighted by molar-refractivity contribution is 0.582. The van der Waals surface area contributed by atoms with Crippen molar-refractivity contribution in [1.29, 1.82) is 0 Å². The third-order valence-electron chi connectivity index (χ3n) is 2.90. The van der Waals surface area contributed by atoms with Crippen molar-refractivity contribution in [2.24, 2.45) is 0 Å². The van der Waals surface area contributed by atoms with Crippen molar-refractivity contribution in [1.82, 2.24) is 5.32 Å². The molecule has 0 aliphatic rings. The molecule has 1 nitrogen and oxygen atoms in total. The second-order valence-electron chi connectivity index (χ2n) is 4.86. The normalized spacial score (nSPS) is 11.0. The van der Waals surface area contributed by atoms with Crippen LogP contribution in [-0.2, 0) is 6.54 Å². The van der Waals surface area contributed by atoms with Crippen LogP contribution in [0.15, 0.2) is 46.9 Å². The van der Waals surface area contributed by atoms with E-state index in [2.05, 4.69) is 35.1 Å². The smallest absolute Gasteiger partial charge is 0.131 e. The summed E-state index contributed by atoms with van der Waals surface area (Å²) in [5.41, 5.74) is 2.50. The Hall–Kier alpha value is -1.19. The van der Waals surface area contributed by atoms with Gasteiger partial charge in [0, 0.05) is 22.6 Å². The first-order valence-corrected chi connectivity index (χ1v) is 7.13. The van der Waals surface area contributed by atoms with Crippen LogP contribution in [0.4, 0.5) is 4.39 Å². The average Bonchev–Trinajstić information content (AvgIpc) is 2.38. The fraction of sp³-hybridized carbons (Fsp3) is 0.250. The number of hydrogen-bond donors (Lipinski definition) is 1. The van der Waals surface area contributed by atoms with Crippen LogP contribution in [-0.4, -0.2) is 6.04 Å². The molecule has 0 unspecified atom stereocenters. The topological polar surface area (TPSA) is 12.0 Å². The third kappa shape index (κ3) is 3.88. The van der Waals surface area contributed by atoms with Crippen LogP contribution in [0.3, 0.4) is 0 Å². The molecule has 0 aliphatic heterocycles. The highest BCUT2D eigenvalue weighted by atomic mass is 79.9. The van der Waals surface area contributed by atoms with Gasteiger partial charge in [0.15, 0.2) is 0 Å². The largest absolute Gasteiger partial charge is 0.310 e. The van der Waals surface area contributed by atoms with Gasteiger partial charge in [-0.05, 0) is 29.3 Å². The molecule has 2 aromatic rings. The number of halogens is 2. The van der Waals surface area contributed by atoms with Crippen molar-refractivity contribution in [3.63, 3.8) is 0 Å². The SMILES string of the molecule is CC(C)NCc1ccc(-c2ccc(Br)cc2)c(F)c1. The fourth-order valence-electron chi connectivity index (χ4n) is 1.85. The van der Waals surface area contributed by atoms with Crippen molar-refractivity contribution in [3.8, 4) is 11.1 Å². The molecule has 0 radical (unpaired) electrons. The van der Waals surface area contributed by atoms with Crippen molar-refractivity contribution in [2.45, 2.75) is 26.4 Å². The molecule has 0 aromatic heterocycles. The molecule has 3 heteroatoms. The Morgan fingerprint density at radius 1 is 1.11 bits per heavy atom. The fourth-order valence-corrected chi connectivity index (χ4v) is 2.12. The molecule has 0 spiro atoms. The van der Waals surface area contributed by atoms with Gasteiger partial charge in [0.2, 0.25) is 0 Å². The summed E-state index contributed by atoms with van der Waals surface area (Å²) in [4.78, 5) is 0. The summed E-state index contributed by atoms with van der Waals surface area (Å²) in [6, 6.07) is 13.5. The van der Waals surface area contributed by atoms with Gasteiger partial charge in [0.25, 0.3) is 0 Å². The third-order valence-corrected chi connectivity index (χ3v) is 3.43. The van der Waals surface area contributed by atoms with Crippen LogP contribution in [0, 0.1) is 5.82 Å². The second-order valence-corrected chi connectivity index (χ2v) is 5.77. The maximum absolute atomic E-state index is 14.1. The maximum atomic E-state index is 14.1. The summed E-state index contributed by atoms with van der Waals surface area (Å²) in [6.07, 6.45) is 0. The first-order chi connectivity index (χ1) is 9.06. The number of rotatable bonds is 4. The summed E-state index contributed by atoms with van der Waals surface area (Å²) in [7, 11) is 0.